The number of benzene rings is 1. The Labute approximate surface area is 153 Å². The molecule has 2 atom stereocenters. The number of nitrogens with zero attached hydrogens (tertiary/aromatic N) is 3. The third-order valence-electron chi connectivity index (χ3n) is 6.05. The lowest BCUT2D eigenvalue weighted by molar-refractivity contribution is 0.0681. The van der Waals surface area contributed by atoms with E-state index in [1.165, 1.54) is 12.8 Å². The van der Waals surface area contributed by atoms with Gasteiger partial charge in [-0.1, -0.05) is 17.3 Å². The van der Waals surface area contributed by atoms with E-state index >= 15 is 0 Å². The summed E-state index contributed by atoms with van der Waals surface area (Å²) in [5, 5.41) is 7.73. The van der Waals surface area contributed by atoms with Crippen LogP contribution in [0.5, 0.6) is 0 Å². The molecule has 2 aromatic rings. The van der Waals surface area contributed by atoms with Gasteiger partial charge in [0.05, 0.1) is 0 Å². The number of hydrogen-bond acceptors (Lipinski definition) is 5. The van der Waals surface area contributed by atoms with E-state index in [0.29, 0.717) is 35.4 Å². The van der Waals surface area contributed by atoms with Gasteiger partial charge in [-0.2, -0.15) is 4.98 Å². The minimum atomic E-state index is 0.0732. The van der Waals surface area contributed by atoms with Crippen LogP contribution in [0.4, 0.5) is 0 Å². The number of amides is 1. The van der Waals surface area contributed by atoms with E-state index in [1.54, 1.807) is 0 Å². The minimum absolute atomic E-state index is 0.0732. The second-order valence-corrected chi connectivity index (χ2v) is 7.99. The molecule has 0 spiro atoms. The molecule has 1 N–H and O–H groups in total. The summed E-state index contributed by atoms with van der Waals surface area (Å²) in [6.07, 6.45) is 6.83. The van der Waals surface area contributed by atoms with Gasteiger partial charge in [-0.3, -0.25) is 4.79 Å². The van der Waals surface area contributed by atoms with Crippen LogP contribution in [-0.2, 0) is 0 Å². The van der Waals surface area contributed by atoms with Gasteiger partial charge < -0.3 is 14.7 Å². The van der Waals surface area contributed by atoms with Crippen molar-refractivity contribution in [1.82, 2.24) is 20.4 Å². The number of nitrogens with one attached hydrogen (secondary N) is 1. The Kier molecular flexibility index (Phi) is 3.81. The Morgan fingerprint density at radius 1 is 1.19 bits per heavy atom. The van der Waals surface area contributed by atoms with Crippen molar-refractivity contribution in [1.29, 1.82) is 0 Å². The number of carbonyl (C=O) groups is 1. The van der Waals surface area contributed by atoms with E-state index in [-0.39, 0.29) is 5.91 Å². The third kappa shape index (κ3) is 2.92. The van der Waals surface area contributed by atoms with Gasteiger partial charge in [-0.15, -0.1) is 0 Å². The van der Waals surface area contributed by atoms with Crippen LogP contribution in [0.3, 0.4) is 0 Å². The molecule has 6 nitrogen and oxygen atoms in total. The van der Waals surface area contributed by atoms with E-state index in [1.807, 2.05) is 36.2 Å². The zero-order valence-corrected chi connectivity index (χ0v) is 15.0. The van der Waals surface area contributed by atoms with Crippen LogP contribution < -0.4 is 5.32 Å². The second kappa shape index (κ2) is 6.20. The number of carbonyl (C=O) groups excluding carboxylic acids is 1. The Morgan fingerprint density at radius 3 is 2.69 bits per heavy atom. The van der Waals surface area contributed by atoms with Crippen molar-refractivity contribution < 1.29 is 9.32 Å². The Bertz CT molecular complexity index is 817. The van der Waals surface area contributed by atoms with Crippen LogP contribution in [-0.4, -0.2) is 46.1 Å². The third-order valence-corrected chi connectivity index (χ3v) is 6.05. The van der Waals surface area contributed by atoms with Gasteiger partial charge in [-0.05, 0) is 50.7 Å². The monoisotopic (exact) mass is 352 g/mol. The molecule has 1 aromatic carbocycles. The van der Waals surface area contributed by atoms with E-state index in [2.05, 4.69) is 15.5 Å². The zero-order chi connectivity index (χ0) is 17.7. The maximum Gasteiger partial charge on any atom is 0.253 e. The first-order valence-corrected chi connectivity index (χ1v) is 9.64. The molecule has 1 aromatic heterocycles. The van der Waals surface area contributed by atoms with Crippen molar-refractivity contribution in [3.05, 3.63) is 35.7 Å². The molecule has 136 valence electrons. The van der Waals surface area contributed by atoms with Crippen molar-refractivity contribution in [3.63, 3.8) is 0 Å². The predicted molar refractivity (Wildman–Crippen MR) is 96.8 cm³/mol. The van der Waals surface area contributed by atoms with Crippen LogP contribution in [0.1, 0.15) is 60.7 Å². The van der Waals surface area contributed by atoms with E-state index in [9.17, 15) is 4.79 Å². The van der Waals surface area contributed by atoms with Crippen molar-refractivity contribution in [2.45, 2.75) is 62.6 Å². The summed E-state index contributed by atoms with van der Waals surface area (Å²) in [5.41, 5.74) is 1.53. The molecular formula is C20H24N4O2. The summed E-state index contributed by atoms with van der Waals surface area (Å²) >= 11 is 0. The molecule has 3 heterocycles. The molecule has 2 unspecified atom stereocenters. The molecule has 6 heteroatoms. The highest BCUT2D eigenvalue weighted by atomic mass is 16.5. The zero-order valence-electron chi connectivity index (χ0n) is 15.0. The largest absolute Gasteiger partial charge is 0.339 e. The molecule has 1 saturated carbocycles. The standard InChI is InChI=1S/C20H24N4O2/c1-24(17-10-15-7-8-16(11-17)21-15)20(25)14-4-2-3-13(9-14)18-22-19(26-23-18)12-5-6-12/h2-4,9,12,15-17,21H,5-8,10-11H2,1H3. The topological polar surface area (TPSA) is 71.3 Å². The fourth-order valence-electron chi connectivity index (χ4n) is 4.35. The lowest BCUT2D eigenvalue weighted by Crippen LogP contribution is -2.48. The van der Waals surface area contributed by atoms with Crippen molar-refractivity contribution >= 4 is 5.91 Å². The minimum Gasteiger partial charge on any atom is -0.339 e. The van der Waals surface area contributed by atoms with Crippen LogP contribution in [0.25, 0.3) is 11.4 Å². The molecule has 2 saturated heterocycles. The number of rotatable bonds is 4. The lowest BCUT2D eigenvalue weighted by atomic mass is 9.97. The van der Waals surface area contributed by atoms with Crippen LogP contribution in [0.2, 0.25) is 0 Å². The fraction of sp³-hybridized carbons (Fsp3) is 0.550. The van der Waals surface area contributed by atoms with Gasteiger partial charge in [0.25, 0.3) is 5.91 Å². The average molecular weight is 352 g/mol. The summed E-state index contributed by atoms with van der Waals surface area (Å²) in [6, 6.07) is 9.05. The first-order chi connectivity index (χ1) is 12.7. The summed E-state index contributed by atoms with van der Waals surface area (Å²) in [5.74, 6) is 1.80. The first-order valence-electron chi connectivity index (χ1n) is 9.64. The summed E-state index contributed by atoms with van der Waals surface area (Å²) in [7, 11) is 1.93. The molecule has 26 heavy (non-hydrogen) atoms. The maximum absolute atomic E-state index is 13.0. The Hall–Kier alpha value is -2.21. The van der Waals surface area contributed by atoms with Crippen molar-refractivity contribution in [2.24, 2.45) is 0 Å². The number of piperidine rings is 1. The molecule has 3 fully saturated rings. The summed E-state index contributed by atoms with van der Waals surface area (Å²) in [6.45, 7) is 0. The summed E-state index contributed by atoms with van der Waals surface area (Å²) in [4.78, 5) is 19.4. The Balaban J connectivity index is 1.34. The normalized spacial score (nSPS) is 27.5. The fourth-order valence-corrected chi connectivity index (χ4v) is 4.35. The highest BCUT2D eigenvalue weighted by Gasteiger charge is 2.36. The molecule has 1 aliphatic carbocycles. The molecule has 2 bridgehead atoms. The smallest absolute Gasteiger partial charge is 0.253 e. The SMILES string of the molecule is CN(C(=O)c1cccc(-c2noc(C3CC3)n2)c1)C1CC2CCC(C1)N2. The van der Waals surface area contributed by atoms with Crippen molar-refractivity contribution in [3.8, 4) is 11.4 Å². The maximum atomic E-state index is 13.0. The molecule has 1 amide bonds. The summed E-state index contributed by atoms with van der Waals surface area (Å²) < 4.78 is 5.35. The molecule has 2 aliphatic heterocycles. The van der Waals surface area contributed by atoms with Crippen LogP contribution in [0.15, 0.2) is 28.8 Å². The first kappa shape index (κ1) is 16.0. The van der Waals surface area contributed by atoms with Gasteiger partial charge in [0.1, 0.15) is 0 Å². The molecule has 3 aliphatic rings. The van der Waals surface area contributed by atoms with E-state index < -0.39 is 0 Å². The number of fused-ring (bicyclic) bond motifs is 2. The highest BCUT2D eigenvalue weighted by Crippen LogP contribution is 2.39. The molecular weight excluding hydrogens is 328 g/mol. The van der Waals surface area contributed by atoms with E-state index in [0.717, 1.165) is 37.1 Å². The Morgan fingerprint density at radius 2 is 1.96 bits per heavy atom. The van der Waals surface area contributed by atoms with Gasteiger partial charge in [0.2, 0.25) is 11.7 Å². The lowest BCUT2D eigenvalue weighted by Gasteiger charge is -2.35. The second-order valence-electron chi connectivity index (χ2n) is 7.99. The predicted octanol–water partition coefficient (Wildman–Crippen LogP) is 2.97. The van der Waals surface area contributed by atoms with Gasteiger partial charge >= 0.3 is 0 Å². The highest BCUT2D eigenvalue weighted by molar-refractivity contribution is 5.95. The average Bonchev–Trinajstić information content (AvgIpc) is 3.31. The van der Waals surface area contributed by atoms with Crippen molar-refractivity contribution in [2.75, 3.05) is 7.05 Å². The number of aromatic nitrogens is 2. The quantitative estimate of drug-likeness (QED) is 0.916. The molecule has 5 rings (SSSR count). The van der Waals surface area contributed by atoms with Crippen LogP contribution in [0, 0.1) is 0 Å². The van der Waals surface area contributed by atoms with Gasteiger partial charge in [0.15, 0.2) is 0 Å². The molecule has 0 radical (unpaired) electrons. The van der Waals surface area contributed by atoms with Gasteiger partial charge in [0, 0.05) is 42.2 Å². The van der Waals surface area contributed by atoms with Gasteiger partial charge in [-0.25, -0.2) is 0 Å². The number of hydrogen-bond donors (Lipinski definition) is 1. The van der Waals surface area contributed by atoms with Crippen LogP contribution >= 0.6 is 0 Å². The van der Waals surface area contributed by atoms with E-state index in [4.69, 9.17) is 4.52 Å².